The molecule has 1 N–H and O–H groups in total. The van der Waals surface area contributed by atoms with Crippen LogP contribution in [-0.2, 0) is 10.2 Å². The van der Waals surface area contributed by atoms with E-state index < -0.39 is 11.3 Å². The Hall–Kier alpha value is -3.67. The van der Waals surface area contributed by atoms with Crippen LogP contribution >= 0.6 is 0 Å². The molecule has 0 spiro atoms. The maximum atomic E-state index is 13.7. The first-order valence-electron chi connectivity index (χ1n) is 10.0. The molecule has 1 aromatic heterocycles. The van der Waals surface area contributed by atoms with Crippen LogP contribution in [0.4, 0.5) is 5.69 Å². The standard InChI is InChI=1S/C25H24N2O4/c1-16-15-26-12-11-20(16)27-24(29)19-14-25(19,18-7-5-4-6-8-18)23(28)17-9-10-21(30-2)22(13-17)31-3/h4-13,15,19H,14H2,1-3H3,(H,26,27,29). The van der Waals surface area contributed by atoms with Crippen LogP contribution in [-0.4, -0.2) is 30.9 Å². The predicted octanol–water partition coefficient (Wildman–Crippen LogP) is 4.19. The molecule has 2 unspecified atom stereocenters. The van der Waals surface area contributed by atoms with E-state index in [0.717, 1.165) is 11.1 Å². The molecule has 0 aliphatic heterocycles. The van der Waals surface area contributed by atoms with Crippen LogP contribution in [0.3, 0.4) is 0 Å². The Morgan fingerprint density at radius 1 is 1.03 bits per heavy atom. The summed E-state index contributed by atoms with van der Waals surface area (Å²) in [7, 11) is 3.08. The number of pyridine rings is 1. The lowest BCUT2D eigenvalue weighted by molar-refractivity contribution is -0.117. The van der Waals surface area contributed by atoms with Gasteiger partial charge in [0.05, 0.1) is 25.6 Å². The number of rotatable bonds is 7. The molecule has 3 aromatic rings. The highest BCUT2D eigenvalue weighted by Gasteiger charge is 2.64. The maximum Gasteiger partial charge on any atom is 0.228 e. The molecule has 6 heteroatoms. The van der Waals surface area contributed by atoms with Crippen LogP contribution in [0.5, 0.6) is 11.5 Å². The number of benzene rings is 2. The number of Topliss-reactive ketones (excluding diaryl/α,β-unsaturated/α-hetero) is 1. The van der Waals surface area contributed by atoms with Crippen molar-refractivity contribution in [3.63, 3.8) is 0 Å². The van der Waals surface area contributed by atoms with Gasteiger partial charge in [0.15, 0.2) is 17.3 Å². The Labute approximate surface area is 181 Å². The van der Waals surface area contributed by atoms with Gasteiger partial charge in [0.25, 0.3) is 0 Å². The van der Waals surface area contributed by atoms with Gasteiger partial charge in [0, 0.05) is 23.6 Å². The van der Waals surface area contributed by atoms with Crippen LogP contribution in [0.2, 0.25) is 0 Å². The number of anilines is 1. The predicted molar refractivity (Wildman–Crippen MR) is 118 cm³/mol. The molecule has 1 amide bonds. The smallest absolute Gasteiger partial charge is 0.228 e. The fourth-order valence-corrected chi connectivity index (χ4v) is 4.08. The fourth-order valence-electron chi connectivity index (χ4n) is 4.08. The lowest BCUT2D eigenvalue weighted by Crippen LogP contribution is -2.28. The summed E-state index contributed by atoms with van der Waals surface area (Å²) >= 11 is 0. The van der Waals surface area contributed by atoms with Gasteiger partial charge in [0.2, 0.25) is 5.91 Å². The first-order valence-corrected chi connectivity index (χ1v) is 10.0. The highest BCUT2D eigenvalue weighted by atomic mass is 16.5. The second kappa shape index (κ2) is 8.22. The van der Waals surface area contributed by atoms with Crippen molar-refractivity contribution in [3.8, 4) is 11.5 Å². The number of carbonyl (C=O) groups is 2. The van der Waals surface area contributed by atoms with Crippen molar-refractivity contribution in [2.75, 3.05) is 19.5 Å². The normalized spacial score (nSPS) is 19.4. The van der Waals surface area contributed by atoms with E-state index in [1.807, 2.05) is 37.3 Å². The highest BCUT2D eigenvalue weighted by Crippen LogP contribution is 2.57. The molecule has 1 saturated carbocycles. The van der Waals surface area contributed by atoms with Gasteiger partial charge in [-0.2, -0.15) is 0 Å². The van der Waals surface area contributed by atoms with E-state index in [4.69, 9.17) is 9.47 Å². The van der Waals surface area contributed by atoms with Gasteiger partial charge in [-0.05, 0) is 48.7 Å². The highest BCUT2D eigenvalue weighted by molar-refractivity contribution is 6.12. The minimum absolute atomic E-state index is 0.105. The van der Waals surface area contributed by atoms with Crippen molar-refractivity contribution in [2.24, 2.45) is 5.92 Å². The van der Waals surface area contributed by atoms with Crippen LogP contribution in [0.25, 0.3) is 0 Å². The molecule has 0 bridgehead atoms. The van der Waals surface area contributed by atoms with E-state index in [1.165, 1.54) is 7.11 Å². The Kier molecular flexibility index (Phi) is 5.46. The number of hydrogen-bond acceptors (Lipinski definition) is 5. The first-order chi connectivity index (χ1) is 15.0. The second-order valence-electron chi connectivity index (χ2n) is 7.67. The third-order valence-corrected chi connectivity index (χ3v) is 5.90. The SMILES string of the molecule is COc1ccc(C(=O)C2(c3ccccc3)CC2C(=O)Nc2ccncc2C)cc1OC. The molecule has 1 heterocycles. The number of nitrogens with one attached hydrogen (secondary N) is 1. The zero-order chi connectivity index (χ0) is 22.0. The van der Waals surface area contributed by atoms with Gasteiger partial charge in [-0.3, -0.25) is 14.6 Å². The van der Waals surface area contributed by atoms with Gasteiger partial charge in [-0.25, -0.2) is 0 Å². The largest absolute Gasteiger partial charge is 0.493 e. The van der Waals surface area contributed by atoms with Gasteiger partial charge in [-0.15, -0.1) is 0 Å². The molecule has 1 aliphatic rings. The molecule has 1 aliphatic carbocycles. The van der Waals surface area contributed by atoms with Crippen LogP contribution in [0.1, 0.15) is 27.9 Å². The third kappa shape index (κ3) is 3.65. The Morgan fingerprint density at radius 3 is 2.45 bits per heavy atom. The van der Waals surface area contributed by atoms with Gasteiger partial charge < -0.3 is 14.8 Å². The lowest BCUT2D eigenvalue weighted by Gasteiger charge is -2.18. The van der Waals surface area contributed by atoms with E-state index in [1.54, 1.807) is 43.8 Å². The summed E-state index contributed by atoms with van der Waals surface area (Å²) in [5.41, 5.74) is 1.98. The molecule has 31 heavy (non-hydrogen) atoms. The lowest BCUT2D eigenvalue weighted by atomic mass is 9.85. The number of amides is 1. The zero-order valence-corrected chi connectivity index (χ0v) is 17.7. The molecular formula is C25H24N2O4. The molecule has 1 fully saturated rings. The van der Waals surface area contributed by atoms with E-state index in [2.05, 4.69) is 10.3 Å². The van der Waals surface area contributed by atoms with Crippen LogP contribution in [0.15, 0.2) is 67.0 Å². The van der Waals surface area contributed by atoms with E-state index in [-0.39, 0.29) is 11.7 Å². The van der Waals surface area contributed by atoms with Gasteiger partial charge in [-0.1, -0.05) is 30.3 Å². The quantitative estimate of drug-likeness (QED) is 0.585. The van der Waals surface area contributed by atoms with Crippen LogP contribution < -0.4 is 14.8 Å². The van der Waals surface area contributed by atoms with Crippen molar-refractivity contribution in [1.82, 2.24) is 4.98 Å². The Bertz CT molecular complexity index is 1130. The summed E-state index contributed by atoms with van der Waals surface area (Å²) < 4.78 is 10.7. The summed E-state index contributed by atoms with van der Waals surface area (Å²) in [5.74, 6) is 0.276. The zero-order valence-electron chi connectivity index (χ0n) is 17.7. The number of ketones is 1. The Balaban J connectivity index is 1.69. The Morgan fingerprint density at radius 2 is 1.77 bits per heavy atom. The summed E-state index contributed by atoms with van der Waals surface area (Å²) in [6.45, 7) is 1.88. The molecule has 6 nitrogen and oxygen atoms in total. The second-order valence-corrected chi connectivity index (χ2v) is 7.67. The summed E-state index contributed by atoms with van der Waals surface area (Å²) in [4.78, 5) is 31.0. The molecule has 2 atom stereocenters. The number of hydrogen-bond donors (Lipinski definition) is 1. The number of aromatic nitrogens is 1. The first kappa shape index (κ1) is 20.6. The third-order valence-electron chi connectivity index (χ3n) is 5.90. The maximum absolute atomic E-state index is 13.7. The minimum Gasteiger partial charge on any atom is -0.493 e. The van der Waals surface area contributed by atoms with Crippen molar-refractivity contribution < 1.29 is 19.1 Å². The molecule has 0 radical (unpaired) electrons. The summed E-state index contributed by atoms with van der Waals surface area (Å²) in [5, 5.41) is 2.97. The molecule has 2 aromatic carbocycles. The monoisotopic (exact) mass is 416 g/mol. The van der Waals surface area contributed by atoms with E-state index in [9.17, 15) is 9.59 Å². The average molecular weight is 416 g/mol. The number of methoxy groups -OCH3 is 2. The van der Waals surface area contributed by atoms with Gasteiger partial charge >= 0.3 is 0 Å². The number of aryl methyl sites for hydroxylation is 1. The summed E-state index contributed by atoms with van der Waals surface area (Å²) in [6, 6.07) is 16.3. The minimum atomic E-state index is -0.911. The number of carbonyl (C=O) groups excluding carboxylic acids is 2. The van der Waals surface area contributed by atoms with Crippen molar-refractivity contribution in [1.29, 1.82) is 0 Å². The number of ether oxygens (including phenoxy) is 2. The van der Waals surface area contributed by atoms with E-state index in [0.29, 0.717) is 29.2 Å². The summed E-state index contributed by atoms with van der Waals surface area (Å²) in [6.07, 6.45) is 3.77. The fraction of sp³-hybridized carbons (Fsp3) is 0.240. The van der Waals surface area contributed by atoms with Crippen molar-refractivity contribution >= 4 is 17.4 Å². The average Bonchev–Trinajstić information content (AvgIpc) is 3.57. The van der Waals surface area contributed by atoms with Crippen LogP contribution in [0, 0.1) is 12.8 Å². The number of nitrogens with zero attached hydrogens (tertiary/aromatic N) is 1. The van der Waals surface area contributed by atoms with Gasteiger partial charge in [0.1, 0.15) is 0 Å². The van der Waals surface area contributed by atoms with E-state index >= 15 is 0 Å². The van der Waals surface area contributed by atoms with Crippen molar-refractivity contribution in [2.45, 2.75) is 18.8 Å². The topological polar surface area (TPSA) is 77.5 Å². The molecular weight excluding hydrogens is 392 g/mol. The molecule has 4 rings (SSSR count). The van der Waals surface area contributed by atoms with Crippen molar-refractivity contribution in [3.05, 3.63) is 83.7 Å². The molecule has 0 saturated heterocycles. The molecule has 158 valence electrons.